The van der Waals surface area contributed by atoms with Gasteiger partial charge in [-0.1, -0.05) is 107 Å². The van der Waals surface area contributed by atoms with Gasteiger partial charge in [0.05, 0.1) is 0 Å². The van der Waals surface area contributed by atoms with Gasteiger partial charge in [0, 0.05) is 29.5 Å². The van der Waals surface area contributed by atoms with Crippen LogP contribution in [0.5, 0.6) is 0 Å². The molecule has 1 aliphatic rings. The van der Waals surface area contributed by atoms with Gasteiger partial charge in [-0.15, -0.1) is 0 Å². The number of nitrogens with one attached hydrogen (secondary N) is 2. The lowest BCUT2D eigenvalue weighted by Crippen LogP contribution is -2.09. The Morgan fingerprint density at radius 3 is 2.05 bits per heavy atom. The van der Waals surface area contributed by atoms with E-state index in [1.54, 1.807) is 12.3 Å². The largest absolute Gasteiger partial charge is 0.388 e. The molecule has 1 fully saturated rings. The Balaban J connectivity index is 0. The third kappa shape index (κ3) is 18.4. The summed E-state index contributed by atoms with van der Waals surface area (Å²) in [5.74, 6) is 0.701. The Labute approximate surface area is 233 Å². The Morgan fingerprint density at radius 1 is 0.895 bits per heavy atom. The van der Waals surface area contributed by atoms with Crippen LogP contribution >= 0.6 is 0 Å². The molecule has 0 amide bonds. The minimum Gasteiger partial charge on any atom is -0.388 e. The summed E-state index contributed by atoms with van der Waals surface area (Å²) in [5.41, 5.74) is 6.25. The normalized spacial score (nSPS) is 15.0. The van der Waals surface area contributed by atoms with Crippen molar-refractivity contribution in [3.63, 3.8) is 0 Å². The summed E-state index contributed by atoms with van der Waals surface area (Å²) in [7, 11) is 0. The van der Waals surface area contributed by atoms with Gasteiger partial charge in [-0.05, 0) is 69.9 Å². The Hall–Kier alpha value is -3.92. The quantitative estimate of drug-likeness (QED) is 0.199. The van der Waals surface area contributed by atoms with Gasteiger partial charge in [-0.3, -0.25) is 4.99 Å². The van der Waals surface area contributed by atoms with E-state index >= 15 is 0 Å². The molecule has 1 saturated carbocycles. The molecule has 4 heteroatoms. The van der Waals surface area contributed by atoms with E-state index in [4.69, 9.17) is 0 Å². The lowest BCUT2D eigenvalue weighted by molar-refractivity contribution is 0.799. The fourth-order valence-corrected chi connectivity index (χ4v) is 3.06. The maximum atomic E-state index is 3.65. The number of benzene rings is 2. The highest BCUT2D eigenvalue weighted by Gasteiger charge is 2.36. The van der Waals surface area contributed by atoms with Gasteiger partial charge in [0.15, 0.2) is 0 Å². The number of rotatable bonds is 9. The van der Waals surface area contributed by atoms with Crippen LogP contribution in [0.1, 0.15) is 52.2 Å². The van der Waals surface area contributed by atoms with Crippen LogP contribution in [0, 0.1) is 19.8 Å². The van der Waals surface area contributed by atoms with Gasteiger partial charge in [0.25, 0.3) is 0 Å². The highest BCUT2D eigenvalue weighted by Crippen LogP contribution is 2.36. The van der Waals surface area contributed by atoms with Crippen LogP contribution in [-0.2, 0) is 0 Å². The van der Waals surface area contributed by atoms with E-state index in [0.717, 1.165) is 11.4 Å². The van der Waals surface area contributed by atoms with Gasteiger partial charge < -0.3 is 10.6 Å². The molecule has 0 saturated heterocycles. The van der Waals surface area contributed by atoms with E-state index < -0.39 is 0 Å². The number of aliphatic imine (C=N–C) groups is 2. The van der Waals surface area contributed by atoms with E-state index in [2.05, 4.69) is 122 Å². The molecule has 1 aliphatic carbocycles. The second kappa shape index (κ2) is 24.8. The second-order valence-corrected chi connectivity index (χ2v) is 7.84. The van der Waals surface area contributed by atoms with Crippen molar-refractivity contribution in [1.29, 1.82) is 0 Å². The second-order valence-electron chi connectivity index (χ2n) is 7.84. The van der Waals surface area contributed by atoms with Crippen molar-refractivity contribution in [1.82, 2.24) is 5.32 Å². The molecule has 0 aliphatic heterocycles. The zero-order valence-electron chi connectivity index (χ0n) is 24.7. The van der Waals surface area contributed by atoms with Crippen LogP contribution in [-0.4, -0.2) is 19.1 Å². The van der Waals surface area contributed by atoms with E-state index in [-0.39, 0.29) is 0 Å². The SMILES string of the molecule is C=C/C=C\C=C(/C)C1CC1NC=C.C=CN=CN=C.CC.CC.Cc1ccc(Nc2cccc(C)c2)cc1. The van der Waals surface area contributed by atoms with Crippen molar-refractivity contribution in [2.75, 3.05) is 5.32 Å². The zero-order valence-corrected chi connectivity index (χ0v) is 24.7. The van der Waals surface area contributed by atoms with Crippen molar-refractivity contribution in [3.8, 4) is 0 Å². The molecular formula is C34H50N4. The molecule has 2 unspecified atom stereocenters. The number of anilines is 2. The average molecular weight is 515 g/mol. The molecule has 2 atom stereocenters. The highest BCUT2D eigenvalue weighted by atomic mass is 14.9. The van der Waals surface area contributed by atoms with Crippen molar-refractivity contribution in [2.24, 2.45) is 15.9 Å². The first-order valence-electron chi connectivity index (χ1n) is 13.3. The molecular weight excluding hydrogens is 464 g/mol. The predicted octanol–water partition coefficient (Wildman–Crippen LogP) is 9.75. The molecule has 0 aromatic heterocycles. The summed E-state index contributed by atoms with van der Waals surface area (Å²) >= 11 is 0. The van der Waals surface area contributed by atoms with E-state index in [1.807, 2.05) is 39.8 Å². The summed E-state index contributed by atoms with van der Waals surface area (Å²) < 4.78 is 0. The Bertz CT molecular complexity index is 987. The van der Waals surface area contributed by atoms with Crippen LogP contribution < -0.4 is 10.6 Å². The number of aryl methyl sites for hydroxylation is 2. The first-order chi connectivity index (χ1) is 18.4. The molecule has 4 nitrogen and oxygen atoms in total. The maximum absolute atomic E-state index is 3.65. The minimum absolute atomic E-state index is 0.617. The standard InChI is InChI=1S/C14H15N.C12H17N.C4H6N2.2C2H6/c1-11-6-8-13(9-7-11)15-14-5-3-4-12(2)10-14;1-4-6-7-8-10(3)11-9-12(11)13-5-2;1-3-6-4-5-2;2*1-2/h3-10,15H,1-2H3;4-8,11-13H,1-2,9H2,3H3;3-4H,1-2H2;2*1-2H3/b;7-6-,10-8+;;;. The van der Waals surface area contributed by atoms with Crippen LogP contribution in [0.15, 0.2) is 121 Å². The predicted molar refractivity (Wildman–Crippen MR) is 175 cm³/mol. The molecule has 2 N–H and O–H groups in total. The van der Waals surface area contributed by atoms with Crippen molar-refractivity contribution >= 4 is 24.4 Å². The summed E-state index contributed by atoms with van der Waals surface area (Å²) in [6.45, 7) is 28.1. The minimum atomic E-state index is 0.617. The number of nitrogens with zero attached hydrogens (tertiary/aromatic N) is 2. The van der Waals surface area contributed by atoms with Gasteiger partial charge in [-0.2, -0.15) is 0 Å². The van der Waals surface area contributed by atoms with Crippen molar-refractivity contribution < 1.29 is 0 Å². The summed E-state index contributed by atoms with van der Waals surface area (Å²) in [4.78, 5) is 6.81. The summed E-state index contributed by atoms with van der Waals surface area (Å²) in [5, 5.41) is 6.59. The topological polar surface area (TPSA) is 48.8 Å². The van der Waals surface area contributed by atoms with Crippen LogP contribution in [0.2, 0.25) is 0 Å². The monoisotopic (exact) mass is 514 g/mol. The molecule has 3 rings (SSSR count). The Morgan fingerprint density at radius 2 is 1.55 bits per heavy atom. The summed E-state index contributed by atoms with van der Waals surface area (Å²) in [6.07, 6.45) is 13.6. The number of hydrogen-bond donors (Lipinski definition) is 2. The van der Waals surface area contributed by atoms with E-state index in [9.17, 15) is 0 Å². The molecule has 2 aromatic carbocycles. The molecule has 2 aromatic rings. The third-order valence-electron chi connectivity index (χ3n) is 4.93. The fourth-order valence-electron chi connectivity index (χ4n) is 3.06. The van der Waals surface area contributed by atoms with Crippen molar-refractivity contribution in [2.45, 2.75) is 60.9 Å². The fraction of sp³-hybridized carbons (Fsp3) is 0.294. The van der Waals surface area contributed by atoms with Gasteiger partial charge >= 0.3 is 0 Å². The van der Waals surface area contributed by atoms with Gasteiger partial charge in [0.2, 0.25) is 0 Å². The Kier molecular flexibility index (Phi) is 23.6. The molecule has 0 bridgehead atoms. The van der Waals surface area contributed by atoms with Gasteiger partial charge in [-0.25, -0.2) is 4.99 Å². The third-order valence-corrected chi connectivity index (χ3v) is 4.93. The smallest absolute Gasteiger partial charge is 0.114 e. The number of allylic oxidation sites excluding steroid dienone is 4. The molecule has 0 heterocycles. The maximum Gasteiger partial charge on any atom is 0.114 e. The lowest BCUT2D eigenvalue weighted by atomic mass is 10.2. The molecule has 38 heavy (non-hydrogen) atoms. The highest BCUT2D eigenvalue weighted by molar-refractivity contribution is 5.62. The molecule has 0 radical (unpaired) electrons. The van der Waals surface area contributed by atoms with Gasteiger partial charge in [0.1, 0.15) is 6.34 Å². The van der Waals surface area contributed by atoms with E-state index in [1.165, 1.54) is 35.7 Å². The molecule has 0 spiro atoms. The summed E-state index contributed by atoms with van der Waals surface area (Å²) in [6, 6.07) is 17.4. The first-order valence-corrected chi connectivity index (χ1v) is 13.3. The van der Waals surface area contributed by atoms with Crippen LogP contribution in [0.25, 0.3) is 0 Å². The first kappa shape index (κ1) is 36.2. The van der Waals surface area contributed by atoms with Crippen LogP contribution in [0.3, 0.4) is 0 Å². The van der Waals surface area contributed by atoms with Crippen molar-refractivity contribution in [3.05, 3.63) is 122 Å². The lowest BCUT2D eigenvalue weighted by Gasteiger charge is -2.07. The zero-order chi connectivity index (χ0) is 29.2. The van der Waals surface area contributed by atoms with E-state index in [0.29, 0.717) is 12.0 Å². The number of hydrogen-bond acceptors (Lipinski definition) is 3. The van der Waals surface area contributed by atoms with Crippen LogP contribution in [0.4, 0.5) is 11.4 Å². The molecule has 206 valence electrons. The average Bonchev–Trinajstić information content (AvgIpc) is 3.72.